The Morgan fingerprint density at radius 1 is 1.11 bits per heavy atom. The topological polar surface area (TPSA) is 32.3 Å². The van der Waals surface area contributed by atoms with Crippen molar-refractivity contribution >= 4 is 28.3 Å². The van der Waals surface area contributed by atoms with Gasteiger partial charge in [0.1, 0.15) is 5.75 Å². The van der Waals surface area contributed by atoms with Crippen LogP contribution in [0.15, 0.2) is 36.4 Å². The van der Waals surface area contributed by atoms with E-state index in [2.05, 4.69) is 60.0 Å². The van der Waals surface area contributed by atoms with Crippen LogP contribution in [0.3, 0.4) is 0 Å². The van der Waals surface area contributed by atoms with Gasteiger partial charge in [0.15, 0.2) is 0 Å². The van der Waals surface area contributed by atoms with Crippen molar-refractivity contribution in [2.24, 2.45) is 0 Å². The van der Waals surface area contributed by atoms with Crippen molar-refractivity contribution in [3.63, 3.8) is 0 Å². The Hall–Kier alpha value is -1.23. The van der Waals surface area contributed by atoms with E-state index >= 15 is 0 Å². The van der Waals surface area contributed by atoms with Gasteiger partial charge in [-0.2, -0.15) is 0 Å². The number of hydrogen-bond donors (Lipinski definition) is 2. The number of aryl methyl sites for hydroxylation is 2. The number of anilines is 1. The second-order valence-electron chi connectivity index (χ2n) is 4.89. The summed E-state index contributed by atoms with van der Waals surface area (Å²) in [7, 11) is 0. The van der Waals surface area contributed by atoms with E-state index in [0.29, 0.717) is 5.75 Å². The fourth-order valence-corrected chi connectivity index (χ4v) is 2.55. The molecular weight excluding hydrogens is 349 g/mol. The molecule has 0 spiro atoms. The summed E-state index contributed by atoms with van der Waals surface area (Å²) in [6, 6.07) is 12.1. The SMILES string of the molecule is Cc1ccc(O)c(C(C)Nc2ccc(C)c(I)c2)c1. The van der Waals surface area contributed by atoms with Crippen LogP contribution in [-0.2, 0) is 0 Å². The predicted octanol–water partition coefficient (Wildman–Crippen LogP) is 4.79. The first kappa shape index (κ1) is 14.2. The van der Waals surface area contributed by atoms with Crippen LogP contribution >= 0.6 is 22.6 Å². The van der Waals surface area contributed by atoms with Crippen LogP contribution in [0.25, 0.3) is 0 Å². The molecular formula is C16H18INO. The second kappa shape index (κ2) is 5.82. The standard InChI is InChI=1S/C16H18INO/c1-10-4-7-16(19)14(8-10)12(3)18-13-6-5-11(2)15(17)9-13/h4-9,12,18-19H,1-3H3. The maximum absolute atomic E-state index is 9.94. The van der Waals surface area contributed by atoms with E-state index in [-0.39, 0.29) is 6.04 Å². The molecule has 0 aromatic heterocycles. The van der Waals surface area contributed by atoms with Crippen molar-refractivity contribution in [2.75, 3.05) is 5.32 Å². The van der Waals surface area contributed by atoms with E-state index in [0.717, 1.165) is 16.8 Å². The van der Waals surface area contributed by atoms with Gasteiger partial charge in [0.05, 0.1) is 6.04 Å². The molecule has 0 saturated heterocycles. The smallest absolute Gasteiger partial charge is 0.120 e. The third-order valence-electron chi connectivity index (χ3n) is 3.20. The molecule has 0 radical (unpaired) electrons. The molecule has 0 amide bonds. The predicted molar refractivity (Wildman–Crippen MR) is 88.8 cm³/mol. The normalized spacial score (nSPS) is 12.2. The maximum atomic E-state index is 9.94. The van der Waals surface area contributed by atoms with Crippen molar-refractivity contribution in [3.05, 3.63) is 56.7 Å². The van der Waals surface area contributed by atoms with Crippen LogP contribution in [0.1, 0.15) is 29.7 Å². The van der Waals surface area contributed by atoms with Crippen LogP contribution in [0.4, 0.5) is 5.69 Å². The molecule has 3 heteroatoms. The van der Waals surface area contributed by atoms with E-state index in [1.54, 1.807) is 6.07 Å². The van der Waals surface area contributed by atoms with Gasteiger partial charge < -0.3 is 10.4 Å². The van der Waals surface area contributed by atoms with Gasteiger partial charge in [-0.05, 0) is 67.1 Å². The van der Waals surface area contributed by atoms with Crippen LogP contribution in [0.5, 0.6) is 5.75 Å². The summed E-state index contributed by atoms with van der Waals surface area (Å²) in [6.07, 6.45) is 0. The number of hydrogen-bond acceptors (Lipinski definition) is 2. The van der Waals surface area contributed by atoms with Gasteiger partial charge in [0.25, 0.3) is 0 Å². The number of phenols is 1. The highest BCUT2D eigenvalue weighted by atomic mass is 127. The van der Waals surface area contributed by atoms with Gasteiger partial charge in [-0.25, -0.2) is 0 Å². The summed E-state index contributed by atoms with van der Waals surface area (Å²) in [6.45, 7) is 6.19. The first-order chi connectivity index (χ1) is 8.97. The monoisotopic (exact) mass is 367 g/mol. The lowest BCUT2D eigenvalue weighted by molar-refractivity contribution is 0.465. The van der Waals surface area contributed by atoms with Crippen LogP contribution in [-0.4, -0.2) is 5.11 Å². The van der Waals surface area contributed by atoms with Gasteiger partial charge in [0.2, 0.25) is 0 Å². The van der Waals surface area contributed by atoms with Gasteiger partial charge in [-0.3, -0.25) is 0 Å². The Bertz CT molecular complexity index is 595. The molecule has 2 nitrogen and oxygen atoms in total. The van der Waals surface area contributed by atoms with E-state index < -0.39 is 0 Å². The highest BCUT2D eigenvalue weighted by Crippen LogP contribution is 2.28. The van der Waals surface area contributed by atoms with Crippen LogP contribution < -0.4 is 5.32 Å². The molecule has 0 aliphatic rings. The number of phenolic OH excluding ortho intramolecular Hbond substituents is 1. The van der Waals surface area contributed by atoms with Gasteiger partial charge in [-0.15, -0.1) is 0 Å². The zero-order chi connectivity index (χ0) is 14.0. The minimum Gasteiger partial charge on any atom is -0.508 e. The lowest BCUT2D eigenvalue weighted by Crippen LogP contribution is -2.07. The van der Waals surface area contributed by atoms with Crippen molar-refractivity contribution < 1.29 is 5.11 Å². The Morgan fingerprint density at radius 3 is 2.53 bits per heavy atom. The lowest BCUT2D eigenvalue weighted by atomic mass is 10.0. The highest BCUT2D eigenvalue weighted by molar-refractivity contribution is 14.1. The van der Waals surface area contributed by atoms with E-state index in [1.165, 1.54) is 9.13 Å². The van der Waals surface area contributed by atoms with Crippen molar-refractivity contribution in [1.82, 2.24) is 0 Å². The van der Waals surface area contributed by atoms with Crippen LogP contribution in [0, 0.1) is 17.4 Å². The van der Waals surface area contributed by atoms with Crippen LogP contribution in [0.2, 0.25) is 0 Å². The zero-order valence-electron chi connectivity index (χ0n) is 11.4. The molecule has 0 aliphatic heterocycles. The molecule has 0 heterocycles. The molecule has 2 aromatic rings. The first-order valence-corrected chi connectivity index (χ1v) is 7.37. The molecule has 0 bridgehead atoms. The quantitative estimate of drug-likeness (QED) is 0.765. The lowest BCUT2D eigenvalue weighted by Gasteiger charge is -2.18. The summed E-state index contributed by atoms with van der Waals surface area (Å²) in [5, 5.41) is 13.4. The van der Waals surface area contributed by atoms with Gasteiger partial charge in [0, 0.05) is 14.8 Å². The largest absolute Gasteiger partial charge is 0.508 e. The molecule has 0 saturated carbocycles. The van der Waals surface area contributed by atoms with E-state index in [9.17, 15) is 5.11 Å². The highest BCUT2D eigenvalue weighted by Gasteiger charge is 2.10. The average molecular weight is 367 g/mol. The molecule has 1 atom stereocenters. The summed E-state index contributed by atoms with van der Waals surface area (Å²) >= 11 is 2.33. The summed E-state index contributed by atoms with van der Waals surface area (Å²) in [4.78, 5) is 0. The Kier molecular flexibility index (Phi) is 4.34. The fourth-order valence-electron chi connectivity index (χ4n) is 2.03. The Labute approximate surface area is 128 Å². The zero-order valence-corrected chi connectivity index (χ0v) is 13.5. The molecule has 0 aliphatic carbocycles. The van der Waals surface area contributed by atoms with Crippen molar-refractivity contribution in [1.29, 1.82) is 0 Å². The minimum atomic E-state index is 0.0680. The number of rotatable bonds is 3. The van der Waals surface area contributed by atoms with Crippen molar-refractivity contribution in [3.8, 4) is 5.75 Å². The number of benzene rings is 2. The Balaban J connectivity index is 2.22. The molecule has 0 fully saturated rings. The second-order valence-corrected chi connectivity index (χ2v) is 6.05. The molecule has 2 rings (SSSR count). The summed E-state index contributed by atoms with van der Waals surface area (Å²) in [5.74, 6) is 0.340. The molecule has 2 N–H and O–H groups in total. The molecule has 19 heavy (non-hydrogen) atoms. The molecule has 1 unspecified atom stereocenters. The Morgan fingerprint density at radius 2 is 1.84 bits per heavy atom. The van der Waals surface area contributed by atoms with Gasteiger partial charge in [-0.1, -0.05) is 23.8 Å². The first-order valence-electron chi connectivity index (χ1n) is 6.29. The molecule has 2 aromatic carbocycles. The summed E-state index contributed by atoms with van der Waals surface area (Å²) in [5.41, 5.74) is 4.43. The van der Waals surface area contributed by atoms with E-state index in [4.69, 9.17) is 0 Å². The fraction of sp³-hybridized carbons (Fsp3) is 0.250. The molecule has 100 valence electrons. The number of nitrogens with one attached hydrogen (secondary N) is 1. The van der Waals surface area contributed by atoms with E-state index in [1.807, 2.05) is 19.1 Å². The van der Waals surface area contributed by atoms with Gasteiger partial charge >= 0.3 is 0 Å². The average Bonchev–Trinajstić information content (AvgIpc) is 2.36. The maximum Gasteiger partial charge on any atom is 0.120 e. The number of aromatic hydroxyl groups is 1. The van der Waals surface area contributed by atoms with Crippen molar-refractivity contribution in [2.45, 2.75) is 26.8 Å². The summed E-state index contributed by atoms with van der Waals surface area (Å²) < 4.78 is 1.24. The third-order valence-corrected chi connectivity index (χ3v) is 4.37. The third kappa shape index (κ3) is 3.41. The minimum absolute atomic E-state index is 0.0680. The number of halogens is 1.